The summed E-state index contributed by atoms with van der Waals surface area (Å²) in [6.45, 7) is 1.63. The Kier molecular flexibility index (Phi) is 5.31. The van der Waals surface area contributed by atoms with Gasteiger partial charge in [0.25, 0.3) is 0 Å². The highest BCUT2D eigenvalue weighted by Crippen LogP contribution is 2.37. The van der Waals surface area contributed by atoms with Crippen LogP contribution < -0.4 is 0 Å². The number of hydrogen-bond donors (Lipinski definition) is 1. The molecular weight excluding hydrogens is 314 g/mol. The SMILES string of the molecule is CC(=O)ON(C)CC(O)CC1c2ccccc2C=Cc2ccccc21. The molecule has 0 aromatic heterocycles. The van der Waals surface area contributed by atoms with Gasteiger partial charge in [-0.25, -0.2) is 0 Å². The fraction of sp³-hybridized carbons (Fsp3) is 0.286. The number of aliphatic hydroxyl groups is 1. The Balaban J connectivity index is 1.87. The fourth-order valence-electron chi connectivity index (χ4n) is 3.46. The molecule has 1 N–H and O–H groups in total. The molecule has 0 bridgehead atoms. The molecule has 0 saturated heterocycles. The highest BCUT2D eigenvalue weighted by Gasteiger charge is 2.24. The zero-order valence-corrected chi connectivity index (χ0v) is 14.6. The van der Waals surface area contributed by atoms with Gasteiger partial charge in [-0.3, -0.25) is 4.79 Å². The first kappa shape index (κ1) is 17.4. The number of nitrogens with zero attached hydrogens (tertiary/aromatic N) is 1. The first-order valence-electron chi connectivity index (χ1n) is 8.48. The monoisotopic (exact) mass is 337 g/mol. The average Bonchev–Trinajstić information content (AvgIpc) is 2.72. The summed E-state index contributed by atoms with van der Waals surface area (Å²) >= 11 is 0. The predicted molar refractivity (Wildman–Crippen MR) is 98.7 cm³/mol. The van der Waals surface area contributed by atoms with Gasteiger partial charge in [-0.05, 0) is 28.7 Å². The standard InChI is InChI=1S/C21H23NO3/c1-15(23)25-22(2)14-18(24)13-21-19-9-5-3-7-16(19)11-12-17-8-4-6-10-20(17)21/h3-12,18,21,24H,13-14H2,1-2H3. The Morgan fingerprint density at radius 3 is 2.12 bits per heavy atom. The second-order valence-corrected chi connectivity index (χ2v) is 6.43. The van der Waals surface area contributed by atoms with Gasteiger partial charge in [0.2, 0.25) is 0 Å². The van der Waals surface area contributed by atoms with Crippen molar-refractivity contribution in [2.75, 3.05) is 13.6 Å². The van der Waals surface area contributed by atoms with Crippen LogP contribution in [0, 0.1) is 0 Å². The second-order valence-electron chi connectivity index (χ2n) is 6.43. The van der Waals surface area contributed by atoms with E-state index in [1.807, 2.05) is 24.3 Å². The number of hydrogen-bond acceptors (Lipinski definition) is 4. The van der Waals surface area contributed by atoms with E-state index >= 15 is 0 Å². The molecule has 3 rings (SSSR count). The van der Waals surface area contributed by atoms with E-state index in [-0.39, 0.29) is 18.4 Å². The summed E-state index contributed by atoms with van der Waals surface area (Å²) in [5, 5.41) is 12.0. The van der Waals surface area contributed by atoms with Crippen molar-refractivity contribution in [1.29, 1.82) is 0 Å². The molecule has 1 aliphatic carbocycles. The molecule has 130 valence electrons. The first-order chi connectivity index (χ1) is 12.0. The van der Waals surface area contributed by atoms with Gasteiger partial charge < -0.3 is 9.94 Å². The van der Waals surface area contributed by atoms with Crippen molar-refractivity contribution in [3.05, 3.63) is 70.8 Å². The number of likely N-dealkylation sites (N-methyl/N-ethyl adjacent to an activating group) is 1. The molecule has 4 nitrogen and oxygen atoms in total. The van der Waals surface area contributed by atoms with E-state index in [4.69, 9.17) is 4.84 Å². The molecule has 1 aliphatic rings. The third-order valence-electron chi connectivity index (χ3n) is 4.45. The fourth-order valence-corrected chi connectivity index (χ4v) is 3.46. The lowest BCUT2D eigenvalue weighted by atomic mass is 9.84. The number of carbonyl (C=O) groups excluding carboxylic acids is 1. The molecule has 0 amide bonds. The highest BCUT2D eigenvalue weighted by molar-refractivity contribution is 5.76. The minimum atomic E-state index is -0.617. The normalized spacial score (nSPS) is 14.6. The van der Waals surface area contributed by atoms with Crippen LogP contribution in [0.2, 0.25) is 0 Å². The number of rotatable bonds is 5. The van der Waals surface area contributed by atoms with Gasteiger partial charge in [0, 0.05) is 19.9 Å². The topological polar surface area (TPSA) is 49.8 Å². The van der Waals surface area contributed by atoms with Crippen molar-refractivity contribution in [1.82, 2.24) is 5.06 Å². The number of carbonyl (C=O) groups is 1. The third kappa shape index (κ3) is 4.16. The van der Waals surface area contributed by atoms with Crippen molar-refractivity contribution in [3.8, 4) is 0 Å². The molecule has 2 aromatic carbocycles. The maximum atomic E-state index is 11.0. The van der Waals surface area contributed by atoms with Gasteiger partial charge in [-0.1, -0.05) is 60.7 Å². The van der Waals surface area contributed by atoms with Crippen molar-refractivity contribution >= 4 is 18.1 Å². The maximum absolute atomic E-state index is 11.0. The van der Waals surface area contributed by atoms with Gasteiger partial charge in [-0.2, -0.15) is 0 Å². The lowest BCUT2D eigenvalue weighted by Gasteiger charge is -2.25. The third-order valence-corrected chi connectivity index (χ3v) is 4.45. The molecule has 0 spiro atoms. The Labute approximate surface area is 148 Å². The summed E-state index contributed by atoms with van der Waals surface area (Å²) in [6, 6.07) is 16.6. The number of hydroxylamine groups is 2. The maximum Gasteiger partial charge on any atom is 0.322 e. The van der Waals surface area contributed by atoms with Gasteiger partial charge in [0.15, 0.2) is 0 Å². The number of aliphatic hydroxyl groups excluding tert-OH is 1. The smallest absolute Gasteiger partial charge is 0.322 e. The number of benzene rings is 2. The van der Waals surface area contributed by atoms with E-state index < -0.39 is 6.10 Å². The quantitative estimate of drug-likeness (QED) is 0.849. The summed E-state index contributed by atoms with van der Waals surface area (Å²) in [6.07, 6.45) is 4.20. The predicted octanol–water partition coefficient (Wildman–Crippen LogP) is 3.46. The van der Waals surface area contributed by atoms with Gasteiger partial charge in [0.1, 0.15) is 0 Å². The van der Waals surface area contributed by atoms with Crippen LogP contribution in [0.25, 0.3) is 12.2 Å². The summed E-state index contributed by atoms with van der Waals surface area (Å²) < 4.78 is 0. The zero-order valence-electron chi connectivity index (χ0n) is 14.6. The van der Waals surface area contributed by atoms with E-state index in [0.717, 1.165) is 0 Å². The van der Waals surface area contributed by atoms with Crippen LogP contribution in [-0.4, -0.2) is 35.8 Å². The summed E-state index contributed by atoms with van der Waals surface area (Å²) in [5.41, 5.74) is 4.75. The van der Waals surface area contributed by atoms with E-state index in [9.17, 15) is 9.90 Å². The zero-order chi connectivity index (χ0) is 17.8. The van der Waals surface area contributed by atoms with Crippen LogP contribution >= 0.6 is 0 Å². The lowest BCUT2D eigenvalue weighted by Crippen LogP contribution is -2.32. The summed E-state index contributed by atoms with van der Waals surface area (Å²) in [7, 11) is 1.65. The van der Waals surface area contributed by atoms with Gasteiger partial charge >= 0.3 is 5.97 Å². The summed E-state index contributed by atoms with van der Waals surface area (Å²) in [5.74, 6) is -0.299. The van der Waals surface area contributed by atoms with Crippen LogP contribution in [0.1, 0.15) is 41.5 Å². The first-order valence-corrected chi connectivity index (χ1v) is 8.48. The second kappa shape index (κ2) is 7.64. The Bertz CT molecular complexity index is 735. The summed E-state index contributed by atoms with van der Waals surface area (Å²) in [4.78, 5) is 16.0. The molecule has 0 saturated carbocycles. The van der Waals surface area contributed by atoms with Crippen molar-refractivity contribution in [2.45, 2.75) is 25.4 Å². The van der Waals surface area contributed by atoms with Crippen molar-refractivity contribution in [3.63, 3.8) is 0 Å². The molecule has 0 aliphatic heterocycles. The minimum Gasteiger partial charge on any atom is -0.392 e. The molecule has 0 heterocycles. The highest BCUT2D eigenvalue weighted by atomic mass is 16.7. The Morgan fingerprint density at radius 2 is 1.60 bits per heavy atom. The van der Waals surface area contributed by atoms with E-state index in [2.05, 4.69) is 36.4 Å². The van der Waals surface area contributed by atoms with Crippen molar-refractivity contribution in [2.24, 2.45) is 0 Å². The Hall–Kier alpha value is -2.43. The molecule has 0 fully saturated rings. The van der Waals surface area contributed by atoms with Crippen LogP contribution in [-0.2, 0) is 9.63 Å². The van der Waals surface area contributed by atoms with Crippen LogP contribution in [0.3, 0.4) is 0 Å². The lowest BCUT2D eigenvalue weighted by molar-refractivity contribution is -0.185. The van der Waals surface area contributed by atoms with Crippen LogP contribution in [0.5, 0.6) is 0 Å². The van der Waals surface area contributed by atoms with Crippen LogP contribution in [0.4, 0.5) is 0 Å². The van der Waals surface area contributed by atoms with Crippen LogP contribution in [0.15, 0.2) is 48.5 Å². The molecular formula is C21H23NO3. The molecule has 4 heteroatoms. The Morgan fingerprint density at radius 1 is 1.08 bits per heavy atom. The van der Waals surface area contributed by atoms with Gasteiger partial charge in [0.05, 0.1) is 12.6 Å². The molecule has 0 radical (unpaired) electrons. The average molecular weight is 337 g/mol. The molecule has 1 atom stereocenters. The molecule has 1 unspecified atom stereocenters. The molecule has 2 aromatic rings. The number of fused-ring (bicyclic) bond motifs is 2. The molecule has 25 heavy (non-hydrogen) atoms. The van der Waals surface area contributed by atoms with Gasteiger partial charge in [-0.15, -0.1) is 5.06 Å². The van der Waals surface area contributed by atoms with E-state index in [1.165, 1.54) is 34.2 Å². The van der Waals surface area contributed by atoms with Crippen molar-refractivity contribution < 1.29 is 14.7 Å². The van der Waals surface area contributed by atoms with E-state index in [1.54, 1.807) is 7.05 Å². The van der Waals surface area contributed by atoms with E-state index in [0.29, 0.717) is 6.42 Å². The largest absolute Gasteiger partial charge is 0.392 e. The minimum absolute atomic E-state index is 0.0862.